The second-order valence-corrected chi connectivity index (χ2v) is 9.02. The topological polar surface area (TPSA) is 98.7 Å². The van der Waals surface area contributed by atoms with E-state index in [9.17, 15) is 19.5 Å². The van der Waals surface area contributed by atoms with Crippen molar-refractivity contribution in [3.8, 4) is 5.75 Å². The number of aromatic hydroxyl groups is 1. The molecule has 0 saturated carbocycles. The highest BCUT2D eigenvalue weighted by Crippen LogP contribution is 2.45. The zero-order valence-corrected chi connectivity index (χ0v) is 18.5. The van der Waals surface area contributed by atoms with Crippen molar-refractivity contribution in [2.24, 2.45) is 0 Å². The summed E-state index contributed by atoms with van der Waals surface area (Å²) in [5.41, 5.74) is 0.131. The zero-order chi connectivity index (χ0) is 21.3. The first-order valence-corrected chi connectivity index (χ1v) is 10.5. The SMILES string of the molecule is CC[C@@H](Nc1c(Nc2c(Br)sc(C(=O)N(C)C)c2O)c(=O)c1=O)c1ccccc1. The average Bonchev–Trinajstić information content (AvgIpc) is 3.00. The lowest BCUT2D eigenvalue weighted by Crippen LogP contribution is -2.37. The summed E-state index contributed by atoms with van der Waals surface area (Å²) in [6, 6.07) is 9.46. The summed E-state index contributed by atoms with van der Waals surface area (Å²) in [5, 5.41) is 16.4. The maximum atomic E-state index is 12.2. The van der Waals surface area contributed by atoms with Gasteiger partial charge in [0.2, 0.25) is 0 Å². The second kappa shape index (κ2) is 8.38. The third-order valence-electron chi connectivity index (χ3n) is 4.53. The molecule has 9 heteroatoms. The van der Waals surface area contributed by atoms with Crippen molar-refractivity contribution in [2.75, 3.05) is 24.7 Å². The smallest absolute Gasteiger partial charge is 0.267 e. The van der Waals surface area contributed by atoms with Gasteiger partial charge in [0.15, 0.2) is 5.75 Å². The standard InChI is InChI=1S/C20H20BrN3O4S/c1-4-11(10-8-6-5-7-9-10)22-12-13(16(26)15(12)25)23-14-17(27)18(29-19(14)21)20(28)24(2)3/h5-9,11,22-23,27H,4H2,1-3H3/t11-/m1/s1. The van der Waals surface area contributed by atoms with Crippen LogP contribution in [-0.2, 0) is 0 Å². The van der Waals surface area contributed by atoms with E-state index in [-0.39, 0.29) is 39.6 Å². The Hall–Kier alpha value is -2.65. The molecule has 0 aliphatic rings. The summed E-state index contributed by atoms with van der Waals surface area (Å²) >= 11 is 4.36. The number of carbonyl (C=O) groups excluding carboxylic acids is 1. The van der Waals surface area contributed by atoms with E-state index in [0.717, 1.165) is 16.9 Å². The Labute approximate surface area is 179 Å². The summed E-state index contributed by atoms with van der Waals surface area (Å²) in [5.74, 6) is -0.630. The van der Waals surface area contributed by atoms with E-state index in [0.29, 0.717) is 10.2 Å². The number of benzene rings is 1. The van der Waals surface area contributed by atoms with Gasteiger partial charge in [-0.3, -0.25) is 14.4 Å². The van der Waals surface area contributed by atoms with Gasteiger partial charge >= 0.3 is 0 Å². The summed E-state index contributed by atoms with van der Waals surface area (Å²) in [6.45, 7) is 1.98. The molecule has 3 rings (SSSR count). The highest BCUT2D eigenvalue weighted by Gasteiger charge is 2.28. The molecule has 0 radical (unpaired) electrons. The minimum absolute atomic E-state index is 0.0713. The number of carbonyl (C=O) groups is 1. The second-order valence-electron chi connectivity index (χ2n) is 6.68. The van der Waals surface area contributed by atoms with Gasteiger partial charge in [-0.2, -0.15) is 0 Å². The number of nitrogens with one attached hydrogen (secondary N) is 2. The average molecular weight is 478 g/mol. The molecule has 3 aromatic rings. The fourth-order valence-corrected chi connectivity index (χ4v) is 4.58. The Morgan fingerprint density at radius 3 is 2.34 bits per heavy atom. The van der Waals surface area contributed by atoms with Crippen molar-refractivity contribution in [3.63, 3.8) is 0 Å². The molecule has 0 spiro atoms. The highest BCUT2D eigenvalue weighted by atomic mass is 79.9. The fourth-order valence-electron chi connectivity index (χ4n) is 2.91. The summed E-state index contributed by atoms with van der Waals surface area (Å²) in [6.07, 6.45) is 0.705. The van der Waals surface area contributed by atoms with Crippen molar-refractivity contribution in [3.05, 3.63) is 65.0 Å². The largest absolute Gasteiger partial charge is 0.504 e. The molecule has 7 nitrogen and oxygen atoms in total. The van der Waals surface area contributed by atoms with Gasteiger partial charge in [-0.1, -0.05) is 37.3 Å². The first-order valence-electron chi connectivity index (χ1n) is 8.90. The Kier molecular flexibility index (Phi) is 6.09. The Balaban J connectivity index is 1.91. The van der Waals surface area contributed by atoms with E-state index in [2.05, 4.69) is 26.6 Å². The fraction of sp³-hybridized carbons (Fsp3) is 0.250. The number of nitrogens with zero attached hydrogens (tertiary/aromatic N) is 1. The van der Waals surface area contributed by atoms with Crippen LogP contribution in [0.1, 0.15) is 34.6 Å². The molecular weight excluding hydrogens is 458 g/mol. The molecule has 1 heterocycles. The number of hydrogen-bond donors (Lipinski definition) is 3. The number of thiophene rings is 1. The van der Waals surface area contributed by atoms with Crippen molar-refractivity contribution in [1.29, 1.82) is 0 Å². The van der Waals surface area contributed by atoms with Gasteiger partial charge in [0.05, 0.1) is 9.83 Å². The normalized spacial score (nSPS) is 12.0. The van der Waals surface area contributed by atoms with Crippen molar-refractivity contribution in [1.82, 2.24) is 4.90 Å². The molecule has 0 aliphatic carbocycles. The maximum Gasteiger partial charge on any atom is 0.267 e. The molecule has 0 fully saturated rings. The van der Waals surface area contributed by atoms with E-state index >= 15 is 0 Å². The van der Waals surface area contributed by atoms with E-state index in [1.165, 1.54) is 4.90 Å². The molecule has 0 aliphatic heterocycles. The maximum absolute atomic E-state index is 12.2. The van der Waals surface area contributed by atoms with Gasteiger partial charge in [0.25, 0.3) is 16.8 Å². The monoisotopic (exact) mass is 477 g/mol. The molecule has 1 amide bonds. The molecule has 3 N–H and O–H groups in total. The number of amides is 1. The van der Waals surface area contributed by atoms with Crippen LogP contribution in [0.15, 0.2) is 43.7 Å². The molecule has 0 unspecified atom stereocenters. The van der Waals surface area contributed by atoms with E-state index in [4.69, 9.17) is 0 Å². The van der Waals surface area contributed by atoms with Crippen LogP contribution in [0, 0.1) is 0 Å². The highest BCUT2D eigenvalue weighted by molar-refractivity contribution is 9.11. The van der Waals surface area contributed by atoms with Crippen LogP contribution in [-0.4, -0.2) is 30.0 Å². The van der Waals surface area contributed by atoms with Gasteiger partial charge in [0.1, 0.15) is 21.9 Å². The lowest BCUT2D eigenvalue weighted by molar-refractivity contribution is 0.0829. The van der Waals surface area contributed by atoms with Gasteiger partial charge in [-0.15, -0.1) is 11.3 Å². The molecule has 0 bridgehead atoms. The van der Waals surface area contributed by atoms with E-state index < -0.39 is 10.9 Å². The van der Waals surface area contributed by atoms with Crippen LogP contribution in [0.4, 0.5) is 17.1 Å². The van der Waals surface area contributed by atoms with Crippen LogP contribution in [0.2, 0.25) is 0 Å². The summed E-state index contributed by atoms with van der Waals surface area (Å²) in [7, 11) is 3.16. The quantitative estimate of drug-likeness (QED) is 0.447. The third-order valence-corrected chi connectivity index (χ3v) is 6.37. The predicted molar refractivity (Wildman–Crippen MR) is 119 cm³/mol. The summed E-state index contributed by atoms with van der Waals surface area (Å²) < 4.78 is 0.453. The van der Waals surface area contributed by atoms with E-state index in [1.54, 1.807) is 14.1 Å². The first kappa shape index (κ1) is 21.1. The van der Waals surface area contributed by atoms with Crippen LogP contribution in [0.25, 0.3) is 0 Å². The first-order chi connectivity index (χ1) is 13.8. The van der Waals surface area contributed by atoms with Crippen molar-refractivity contribution < 1.29 is 9.90 Å². The Morgan fingerprint density at radius 1 is 1.14 bits per heavy atom. The lowest BCUT2D eigenvalue weighted by Gasteiger charge is -2.22. The van der Waals surface area contributed by atoms with Gasteiger partial charge < -0.3 is 20.6 Å². The van der Waals surface area contributed by atoms with E-state index in [1.807, 2.05) is 37.3 Å². The molecule has 2 aromatic carbocycles. The van der Waals surface area contributed by atoms with Crippen LogP contribution >= 0.6 is 27.3 Å². The molecule has 0 saturated heterocycles. The van der Waals surface area contributed by atoms with Crippen molar-refractivity contribution in [2.45, 2.75) is 19.4 Å². The van der Waals surface area contributed by atoms with Crippen molar-refractivity contribution >= 4 is 50.2 Å². The van der Waals surface area contributed by atoms with Crippen LogP contribution < -0.4 is 21.5 Å². The van der Waals surface area contributed by atoms with Crippen LogP contribution in [0.5, 0.6) is 5.75 Å². The zero-order valence-electron chi connectivity index (χ0n) is 16.1. The Bertz CT molecular complexity index is 1120. The molecule has 29 heavy (non-hydrogen) atoms. The molecule has 1 atom stereocenters. The predicted octanol–water partition coefficient (Wildman–Crippen LogP) is 3.82. The van der Waals surface area contributed by atoms with Crippen LogP contribution in [0.3, 0.4) is 0 Å². The molecular formula is C20H20BrN3O4S. The number of rotatable bonds is 7. The van der Waals surface area contributed by atoms with Gasteiger partial charge in [-0.05, 0) is 27.9 Å². The minimum atomic E-state index is -0.673. The third kappa shape index (κ3) is 3.92. The Morgan fingerprint density at radius 2 is 1.76 bits per heavy atom. The summed E-state index contributed by atoms with van der Waals surface area (Å²) in [4.78, 5) is 38.0. The number of halogens is 1. The lowest BCUT2D eigenvalue weighted by atomic mass is 10.0. The molecule has 1 aromatic heterocycles. The minimum Gasteiger partial charge on any atom is -0.504 e. The van der Waals surface area contributed by atoms with Gasteiger partial charge in [-0.25, -0.2) is 0 Å². The number of hydrogen-bond acceptors (Lipinski definition) is 7. The van der Waals surface area contributed by atoms with Gasteiger partial charge in [0, 0.05) is 14.1 Å². The number of anilines is 3. The molecule has 152 valence electrons.